The van der Waals surface area contributed by atoms with Crippen LogP contribution in [0.25, 0.3) is 0 Å². The van der Waals surface area contributed by atoms with E-state index < -0.39 is 5.92 Å². The Morgan fingerprint density at radius 3 is 2.26 bits per heavy atom. The highest BCUT2D eigenvalue weighted by Gasteiger charge is 2.49. The van der Waals surface area contributed by atoms with Gasteiger partial charge in [-0.15, -0.1) is 0 Å². The fourth-order valence-corrected chi connectivity index (χ4v) is 3.30. The van der Waals surface area contributed by atoms with Crippen LogP contribution in [0.5, 0.6) is 0 Å². The highest BCUT2D eigenvalue weighted by Crippen LogP contribution is 2.31. The van der Waals surface area contributed by atoms with Gasteiger partial charge in [0.1, 0.15) is 11.7 Å². The van der Waals surface area contributed by atoms with Crippen LogP contribution in [0.2, 0.25) is 0 Å². The molecule has 2 saturated heterocycles. The number of para-hydroxylation sites is 1. The number of Topliss-reactive ketones (excluding diaryl/α,β-unsaturated/α-hetero) is 1. The van der Waals surface area contributed by atoms with Gasteiger partial charge in [-0.2, -0.15) is 0 Å². The van der Waals surface area contributed by atoms with E-state index in [0.29, 0.717) is 6.42 Å². The van der Waals surface area contributed by atoms with E-state index in [0.717, 1.165) is 11.3 Å². The molecule has 2 aromatic rings. The highest BCUT2D eigenvalue weighted by atomic mass is 16.2. The summed E-state index contributed by atoms with van der Waals surface area (Å²) in [5.41, 5.74) is 4.95. The molecule has 5 heteroatoms. The van der Waals surface area contributed by atoms with Crippen LogP contribution in [0.15, 0.2) is 60.7 Å². The van der Waals surface area contributed by atoms with Crippen molar-refractivity contribution in [2.75, 3.05) is 5.01 Å². The van der Waals surface area contributed by atoms with E-state index in [1.807, 2.05) is 60.7 Å². The lowest BCUT2D eigenvalue weighted by molar-refractivity contribution is -0.133. The maximum absolute atomic E-state index is 12.6. The van der Waals surface area contributed by atoms with Crippen molar-refractivity contribution in [2.24, 2.45) is 5.92 Å². The number of benzene rings is 2. The second kappa shape index (κ2) is 5.61. The molecule has 23 heavy (non-hydrogen) atoms. The Bertz CT molecular complexity index is 732. The van der Waals surface area contributed by atoms with Crippen molar-refractivity contribution in [3.8, 4) is 0 Å². The summed E-state index contributed by atoms with van der Waals surface area (Å²) < 4.78 is 0. The van der Waals surface area contributed by atoms with Crippen molar-refractivity contribution in [1.82, 2.24) is 10.7 Å². The Hall–Kier alpha value is -2.50. The standard InChI is InChI=1S/C18H17N3O2/c22-15-11-14(12-7-3-1-4-8-12)19-17-16(15)18(23)21(20-17)13-9-5-2-6-10-13/h1-10,14,16-17,19-20H,11H2. The molecule has 0 bridgehead atoms. The summed E-state index contributed by atoms with van der Waals surface area (Å²) in [6.45, 7) is 0. The van der Waals surface area contributed by atoms with E-state index >= 15 is 0 Å². The predicted molar refractivity (Wildman–Crippen MR) is 86.3 cm³/mol. The zero-order chi connectivity index (χ0) is 15.8. The first-order chi connectivity index (χ1) is 11.2. The van der Waals surface area contributed by atoms with Crippen LogP contribution in [0.4, 0.5) is 5.69 Å². The summed E-state index contributed by atoms with van der Waals surface area (Å²) in [5.74, 6) is -0.862. The van der Waals surface area contributed by atoms with Crippen molar-refractivity contribution in [2.45, 2.75) is 18.6 Å². The maximum Gasteiger partial charge on any atom is 0.255 e. The van der Waals surface area contributed by atoms with Crippen LogP contribution >= 0.6 is 0 Å². The molecule has 1 amide bonds. The van der Waals surface area contributed by atoms with Crippen molar-refractivity contribution >= 4 is 17.4 Å². The molecule has 3 unspecified atom stereocenters. The van der Waals surface area contributed by atoms with Gasteiger partial charge in [0.15, 0.2) is 0 Å². The molecule has 2 heterocycles. The van der Waals surface area contributed by atoms with E-state index in [9.17, 15) is 9.59 Å². The van der Waals surface area contributed by atoms with Gasteiger partial charge in [0.25, 0.3) is 5.91 Å². The number of hydrogen-bond acceptors (Lipinski definition) is 4. The number of ketones is 1. The van der Waals surface area contributed by atoms with E-state index in [4.69, 9.17) is 0 Å². The smallest absolute Gasteiger partial charge is 0.255 e. The number of nitrogens with zero attached hydrogens (tertiary/aromatic N) is 1. The zero-order valence-electron chi connectivity index (χ0n) is 12.5. The molecule has 2 aliphatic heterocycles. The maximum atomic E-state index is 12.6. The number of piperidine rings is 1. The molecule has 2 N–H and O–H groups in total. The lowest BCUT2D eigenvalue weighted by atomic mass is 9.88. The number of amides is 1. The molecular formula is C18H17N3O2. The number of hydrazine groups is 1. The normalized spacial score (nSPS) is 27.1. The summed E-state index contributed by atoms with van der Waals surface area (Å²) in [6, 6.07) is 19.1. The average molecular weight is 307 g/mol. The Kier molecular flexibility index (Phi) is 3.44. The van der Waals surface area contributed by atoms with Crippen LogP contribution in [-0.2, 0) is 9.59 Å². The molecule has 4 rings (SSSR count). The van der Waals surface area contributed by atoms with Gasteiger partial charge in [0.2, 0.25) is 0 Å². The monoisotopic (exact) mass is 307 g/mol. The molecule has 116 valence electrons. The van der Waals surface area contributed by atoms with Gasteiger partial charge >= 0.3 is 0 Å². The molecule has 2 fully saturated rings. The number of anilines is 1. The number of nitrogens with one attached hydrogen (secondary N) is 2. The van der Waals surface area contributed by atoms with Crippen molar-refractivity contribution < 1.29 is 9.59 Å². The van der Waals surface area contributed by atoms with Crippen LogP contribution in [-0.4, -0.2) is 17.9 Å². The Morgan fingerprint density at radius 2 is 1.57 bits per heavy atom. The lowest BCUT2D eigenvalue weighted by Crippen LogP contribution is -2.52. The SMILES string of the molecule is O=C1CC(c2ccccc2)NC2NN(c3ccccc3)C(=O)C12. The van der Waals surface area contributed by atoms with Gasteiger partial charge in [0, 0.05) is 12.5 Å². The van der Waals surface area contributed by atoms with Crippen LogP contribution in [0, 0.1) is 5.92 Å². The van der Waals surface area contributed by atoms with Crippen molar-refractivity contribution in [3.63, 3.8) is 0 Å². The summed E-state index contributed by atoms with van der Waals surface area (Å²) >= 11 is 0. The Labute approximate surface area is 134 Å². The predicted octanol–water partition coefficient (Wildman–Crippen LogP) is 1.78. The van der Waals surface area contributed by atoms with Crippen LogP contribution < -0.4 is 15.8 Å². The summed E-state index contributed by atoms with van der Waals surface area (Å²) in [5, 5.41) is 4.88. The van der Waals surface area contributed by atoms with E-state index in [-0.39, 0.29) is 23.9 Å². The van der Waals surface area contributed by atoms with E-state index in [2.05, 4.69) is 10.7 Å². The summed E-state index contributed by atoms with van der Waals surface area (Å²) in [6.07, 6.45) is -0.0320. The van der Waals surface area contributed by atoms with Crippen LogP contribution in [0.3, 0.4) is 0 Å². The molecule has 0 aromatic heterocycles. The lowest BCUT2D eigenvalue weighted by Gasteiger charge is -2.30. The fraction of sp³-hybridized carbons (Fsp3) is 0.222. The van der Waals surface area contributed by atoms with Gasteiger partial charge < -0.3 is 0 Å². The minimum absolute atomic E-state index is 0.0152. The molecule has 3 atom stereocenters. The van der Waals surface area contributed by atoms with Gasteiger partial charge in [-0.05, 0) is 17.7 Å². The van der Waals surface area contributed by atoms with Crippen LogP contribution in [0.1, 0.15) is 18.0 Å². The minimum atomic E-state index is -0.657. The molecule has 5 nitrogen and oxygen atoms in total. The number of hydrogen-bond donors (Lipinski definition) is 2. The molecule has 2 aliphatic rings. The first-order valence-electron chi connectivity index (χ1n) is 7.73. The first-order valence-corrected chi connectivity index (χ1v) is 7.73. The largest absolute Gasteiger partial charge is 0.299 e. The number of carbonyl (C=O) groups excluding carboxylic acids is 2. The van der Waals surface area contributed by atoms with E-state index in [1.54, 1.807) is 0 Å². The summed E-state index contributed by atoms with van der Waals surface area (Å²) in [7, 11) is 0. The highest BCUT2D eigenvalue weighted by molar-refractivity contribution is 6.11. The van der Waals surface area contributed by atoms with E-state index in [1.165, 1.54) is 5.01 Å². The first kappa shape index (κ1) is 14.1. The topological polar surface area (TPSA) is 61.4 Å². The van der Waals surface area contributed by atoms with Gasteiger partial charge in [0.05, 0.1) is 11.9 Å². The third-order valence-corrected chi connectivity index (χ3v) is 4.44. The second-order valence-corrected chi connectivity index (χ2v) is 5.89. The molecular weight excluding hydrogens is 290 g/mol. The van der Waals surface area contributed by atoms with Crippen molar-refractivity contribution in [1.29, 1.82) is 0 Å². The number of rotatable bonds is 2. The third kappa shape index (κ3) is 2.44. The number of fused-ring (bicyclic) bond motifs is 1. The molecule has 0 radical (unpaired) electrons. The molecule has 0 saturated carbocycles. The van der Waals surface area contributed by atoms with Crippen molar-refractivity contribution in [3.05, 3.63) is 66.2 Å². The van der Waals surface area contributed by atoms with Gasteiger partial charge in [-0.25, -0.2) is 10.4 Å². The molecule has 2 aromatic carbocycles. The molecule has 0 spiro atoms. The quantitative estimate of drug-likeness (QED) is 0.830. The minimum Gasteiger partial charge on any atom is -0.299 e. The average Bonchev–Trinajstić information content (AvgIpc) is 2.94. The molecule has 0 aliphatic carbocycles. The fourth-order valence-electron chi connectivity index (χ4n) is 3.30. The van der Waals surface area contributed by atoms with Gasteiger partial charge in [-0.1, -0.05) is 48.5 Å². The zero-order valence-corrected chi connectivity index (χ0v) is 12.5. The second-order valence-electron chi connectivity index (χ2n) is 5.89. The third-order valence-electron chi connectivity index (χ3n) is 4.44. The van der Waals surface area contributed by atoms with Gasteiger partial charge in [-0.3, -0.25) is 14.9 Å². The Morgan fingerprint density at radius 1 is 0.913 bits per heavy atom. The summed E-state index contributed by atoms with van der Waals surface area (Å²) in [4.78, 5) is 25.1. The number of carbonyl (C=O) groups is 2. The Balaban J connectivity index is 1.60.